The van der Waals surface area contributed by atoms with Crippen LogP contribution in [0.4, 0.5) is 26.9 Å². The first-order valence-corrected chi connectivity index (χ1v) is 11.0. The van der Waals surface area contributed by atoms with E-state index in [9.17, 15) is 9.59 Å². The highest BCUT2D eigenvalue weighted by Gasteiger charge is 2.15. The molecule has 0 aliphatic carbocycles. The highest BCUT2D eigenvalue weighted by molar-refractivity contribution is 7.18. The molecule has 31 heavy (non-hydrogen) atoms. The van der Waals surface area contributed by atoms with Gasteiger partial charge in [-0.25, -0.2) is 4.79 Å². The minimum Gasteiger partial charge on any atom is -0.369 e. The van der Waals surface area contributed by atoms with Crippen LogP contribution in [0, 0.1) is 0 Å². The Labute approximate surface area is 185 Å². The summed E-state index contributed by atoms with van der Waals surface area (Å²) in [5.41, 5.74) is 2.61. The second-order valence-electron chi connectivity index (χ2n) is 7.40. The summed E-state index contributed by atoms with van der Waals surface area (Å²) in [7, 11) is 2.14. The van der Waals surface area contributed by atoms with Gasteiger partial charge < -0.3 is 20.4 Å². The van der Waals surface area contributed by atoms with E-state index >= 15 is 0 Å². The molecule has 1 saturated heterocycles. The van der Waals surface area contributed by atoms with E-state index in [0.717, 1.165) is 37.6 Å². The fourth-order valence-corrected chi connectivity index (χ4v) is 4.13. The first kappa shape index (κ1) is 20.9. The molecular formula is C23H25N5O2S. The summed E-state index contributed by atoms with van der Waals surface area (Å²) in [4.78, 5) is 29.9. The van der Waals surface area contributed by atoms with Gasteiger partial charge in [-0.3, -0.25) is 10.1 Å². The molecule has 4 rings (SSSR count). The number of nitrogens with one attached hydrogen (secondary N) is 3. The molecule has 7 nitrogen and oxygen atoms in total. The molecule has 2 heterocycles. The Bertz CT molecular complexity index is 1030. The molecule has 0 radical (unpaired) electrons. The standard InChI is InChI=1S/C23H25N5O2S/c1-27-13-15-28(16-14-27)19-9-7-18(8-10-19)24-22(29)20-11-12-21(31-20)26-23(30)25-17-5-3-2-4-6-17/h2-12H,13-16H2,1H3,(H,24,29)(H2,25,26,30). The molecule has 0 bridgehead atoms. The van der Waals surface area contributed by atoms with Gasteiger partial charge in [0.05, 0.1) is 9.88 Å². The third-order valence-electron chi connectivity index (χ3n) is 5.09. The molecule has 0 spiro atoms. The van der Waals surface area contributed by atoms with Crippen molar-refractivity contribution in [2.24, 2.45) is 0 Å². The Morgan fingerprint density at radius 3 is 2.16 bits per heavy atom. The molecule has 3 aromatic rings. The van der Waals surface area contributed by atoms with Gasteiger partial charge in [-0.15, -0.1) is 11.3 Å². The van der Waals surface area contributed by atoms with E-state index in [-0.39, 0.29) is 11.9 Å². The number of anilines is 4. The number of nitrogens with zero attached hydrogens (tertiary/aromatic N) is 2. The van der Waals surface area contributed by atoms with Crippen molar-refractivity contribution in [1.82, 2.24) is 4.90 Å². The summed E-state index contributed by atoms with van der Waals surface area (Å²) >= 11 is 1.23. The van der Waals surface area contributed by atoms with E-state index in [1.165, 1.54) is 11.3 Å². The number of amides is 3. The molecule has 2 aromatic carbocycles. The number of piperazine rings is 1. The zero-order chi connectivity index (χ0) is 21.6. The van der Waals surface area contributed by atoms with Crippen molar-refractivity contribution in [3.05, 3.63) is 71.6 Å². The van der Waals surface area contributed by atoms with Crippen LogP contribution < -0.4 is 20.9 Å². The number of carbonyl (C=O) groups excluding carboxylic acids is 2. The van der Waals surface area contributed by atoms with Gasteiger partial charge in [0.1, 0.15) is 0 Å². The Balaban J connectivity index is 1.31. The van der Waals surface area contributed by atoms with Crippen LogP contribution in [0.25, 0.3) is 0 Å². The van der Waals surface area contributed by atoms with E-state index in [1.54, 1.807) is 12.1 Å². The Morgan fingerprint density at radius 2 is 1.45 bits per heavy atom. The van der Waals surface area contributed by atoms with Crippen molar-refractivity contribution in [2.45, 2.75) is 0 Å². The Morgan fingerprint density at radius 1 is 0.774 bits per heavy atom. The van der Waals surface area contributed by atoms with Crippen LogP contribution in [0.15, 0.2) is 66.7 Å². The number of urea groups is 1. The van der Waals surface area contributed by atoms with Crippen molar-refractivity contribution in [1.29, 1.82) is 0 Å². The molecule has 8 heteroatoms. The van der Waals surface area contributed by atoms with Gasteiger partial charge in [0.25, 0.3) is 5.91 Å². The summed E-state index contributed by atoms with van der Waals surface area (Å²) in [6, 6.07) is 20.2. The number of benzene rings is 2. The number of hydrogen-bond donors (Lipinski definition) is 3. The van der Waals surface area contributed by atoms with Gasteiger partial charge in [0.15, 0.2) is 0 Å². The van der Waals surface area contributed by atoms with E-state index in [4.69, 9.17) is 0 Å². The lowest BCUT2D eigenvalue weighted by Gasteiger charge is -2.34. The predicted octanol–water partition coefficient (Wildman–Crippen LogP) is 4.40. The second kappa shape index (κ2) is 9.63. The lowest BCUT2D eigenvalue weighted by Crippen LogP contribution is -2.44. The van der Waals surface area contributed by atoms with Crippen molar-refractivity contribution in [3.63, 3.8) is 0 Å². The maximum Gasteiger partial charge on any atom is 0.324 e. The molecule has 1 aliphatic rings. The summed E-state index contributed by atoms with van der Waals surface area (Å²) in [6.45, 7) is 4.11. The van der Waals surface area contributed by atoms with Crippen molar-refractivity contribution in [2.75, 3.05) is 54.1 Å². The fourth-order valence-electron chi connectivity index (χ4n) is 3.34. The highest BCUT2D eigenvalue weighted by Crippen LogP contribution is 2.24. The topological polar surface area (TPSA) is 76.7 Å². The van der Waals surface area contributed by atoms with Crippen LogP contribution in [0.3, 0.4) is 0 Å². The molecule has 3 amide bonds. The molecule has 0 atom stereocenters. The second-order valence-corrected chi connectivity index (χ2v) is 8.48. The summed E-state index contributed by atoms with van der Waals surface area (Å²) in [6.07, 6.45) is 0. The third-order valence-corrected chi connectivity index (χ3v) is 6.09. The molecule has 1 fully saturated rings. The lowest BCUT2D eigenvalue weighted by atomic mass is 10.2. The Kier molecular flexibility index (Phi) is 6.49. The van der Waals surface area contributed by atoms with Gasteiger partial charge >= 0.3 is 6.03 Å². The van der Waals surface area contributed by atoms with E-state index < -0.39 is 0 Å². The third kappa shape index (κ3) is 5.62. The smallest absolute Gasteiger partial charge is 0.324 e. The minimum atomic E-state index is -0.348. The number of likely N-dealkylation sites (N-methyl/N-ethyl adjacent to an activating group) is 1. The zero-order valence-corrected chi connectivity index (χ0v) is 18.1. The maximum atomic E-state index is 12.6. The van der Waals surface area contributed by atoms with Crippen molar-refractivity contribution < 1.29 is 9.59 Å². The van der Waals surface area contributed by atoms with Crippen LogP contribution >= 0.6 is 11.3 Å². The molecule has 1 aromatic heterocycles. The average molecular weight is 436 g/mol. The van der Waals surface area contributed by atoms with Crippen LogP contribution in [0.1, 0.15) is 9.67 Å². The maximum absolute atomic E-state index is 12.6. The molecule has 3 N–H and O–H groups in total. The van der Waals surface area contributed by atoms with E-state index in [0.29, 0.717) is 15.6 Å². The van der Waals surface area contributed by atoms with Gasteiger partial charge in [0.2, 0.25) is 0 Å². The SMILES string of the molecule is CN1CCN(c2ccc(NC(=O)c3ccc(NC(=O)Nc4ccccc4)s3)cc2)CC1. The first-order chi connectivity index (χ1) is 15.1. The zero-order valence-electron chi connectivity index (χ0n) is 17.3. The lowest BCUT2D eigenvalue weighted by molar-refractivity contribution is 0.103. The number of thiophene rings is 1. The van der Waals surface area contributed by atoms with Crippen molar-refractivity contribution in [3.8, 4) is 0 Å². The summed E-state index contributed by atoms with van der Waals surface area (Å²) < 4.78 is 0. The average Bonchev–Trinajstić information content (AvgIpc) is 3.24. The highest BCUT2D eigenvalue weighted by atomic mass is 32.1. The van der Waals surface area contributed by atoms with Gasteiger partial charge in [-0.2, -0.15) is 0 Å². The van der Waals surface area contributed by atoms with Gasteiger partial charge in [-0.05, 0) is 55.6 Å². The fraction of sp³-hybridized carbons (Fsp3) is 0.217. The first-order valence-electron chi connectivity index (χ1n) is 10.1. The molecule has 160 valence electrons. The summed E-state index contributed by atoms with van der Waals surface area (Å²) in [5.74, 6) is -0.200. The number of rotatable bonds is 5. The molecule has 1 aliphatic heterocycles. The van der Waals surface area contributed by atoms with Crippen molar-refractivity contribution >= 4 is 45.3 Å². The van der Waals surface area contributed by atoms with Gasteiger partial charge in [-0.1, -0.05) is 18.2 Å². The van der Waals surface area contributed by atoms with Crippen LogP contribution in [-0.2, 0) is 0 Å². The quantitative estimate of drug-likeness (QED) is 0.555. The molecular weight excluding hydrogens is 410 g/mol. The van der Waals surface area contributed by atoms with E-state index in [2.05, 4.69) is 32.8 Å². The monoisotopic (exact) mass is 435 g/mol. The van der Waals surface area contributed by atoms with E-state index in [1.807, 2.05) is 54.6 Å². The van der Waals surface area contributed by atoms with Gasteiger partial charge in [0, 0.05) is 43.2 Å². The predicted molar refractivity (Wildman–Crippen MR) is 128 cm³/mol. The largest absolute Gasteiger partial charge is 0.369 e. The number of carbonyl (C=O) groups is 2. The summed E-state index contributed by atoms with van der Waals surface area (Å²) in [5, 5.41) is 9.03. The van der Waals surface area contributed by atoms with Crippen LogP contribution in [0.2, 0.25) is 0 Å². The molecule has 0 saturated carbocycles. The number of para-hydroxylation sites is 1. The molecule has 0 unspecified atom stereocenters. The normalized spacial score (nSPS) is 14.2. The van der Waals surface area contributed by atoms with Crippen LogP contribution in [-0.4, -0.2) is 50.1 Å². The number of hydrogen-bond acceptors (Lipinski definition) is 5. The van der Waals surface area contributed by atoms with Crippen LogP contribution in [0.5, 0.6) is 0 Å². The Hall–Kier alpha value is -3.36. The minimum absolute atomic E-state index is 0.200.